The van der Waals surface area contributed by atoms with E-state index in [9.17, 15) is 9.59 Å². The fraction of sp³-hybridized carbons (Fsp3) is 0.100. The highest BCUT2D eigenvalue weighted by molar-refractivity contribution is 9.11. The first-order chi connectivity index (χ1) is 13.6. The maximum atomic E-state index is 11.8. The Bertz CT molecular complexity index is 929. The molecule has 3 aromatic rings. The number of carbonyl (C=O) groups excluding carboxylic acids is 2. The first kappa shape index (κ1) is 19.9. The van der Waals surface area contributed by atoms with Crippen LogP contribution in [-0.4, -0.2) is 18.4 Å². The highest BCUT2D eigenvalue weighted by Gasteiger charge is 2.10. The van der Waals surface area contributed by atoms with Crippen molar-refractivity contribution in [3.05, 3.63) is 81.0 Å². The van der Waals surface area contributed by atoms with Crippen LogP contribution >= 0.6 is 27.3 Å². The lowest BCUT2D eigenvalue weighted by atomic mass is 10.2. The van der Waals surface area contributed by atoms with Crippen LogP contribution in [0.4, 0.5) is 0 Å². The minimum absolute atomic E-state index is 0.224. The van der Waals surface area contributed by atoms with Gasteiger partial charge >= 0.3 is 0 Å². The normalized spacial score (nSPS) is 10.2. The molecule has 0 fully saturated rings. The van der Waals surface area contributed by atoms with Gasteiger partial charge in [-0.25, -0.2) is 0 Å². The topological polar surface area (TPSA) is 76.7 Å². The minimum atomic E-state index is -0.464. The van der Waals surface area contributed by atoms with Gasteiger partial charge in [0.1, 0.15) is 18.1 Å². The quantitative estimate of drug-likeness (QED) is 0.523. The second-order valence-corrected chi connectivity index (χ2v) is 8.10. The van der Waals surface area contributed by atoms with E-state index in [2.05, 4.69) is 26.8 Å². The van der Waals surface area contributed by atoms with E-state index in [4.69, 9.17) is 9.47 Å². The first-order valence-electron chi connectivity index (χ1n) is 8.34. The average molecular weight is 461 g/mol. The van der Waals surface area contributed by atoms with Crippen molar-refractivity contribution < 1.29 is 19.1 Å². The van der Waals surface area contributed by atoms with Crippen molar-refractivity contribution in [1.29, 1.82) is 0 Å². The monoisotopic (exact) mass is 460 g/mol. The molecular formula is C20H17BrN2O4S. The van der Waals surface area contributed by atoms with Crippen LogP contribution in [0.25, 0.3) is 0 Å². The number of ether oxygens (including phenoxy) is 2. The van der Waals surface area contributed by atoms with Gasteiger partial charge in [-0.15, -0.1) is 11.3 Å². The summed E-state index contributed by atoms with van der Waals surface area (Å²) < 4.78 is 11.9. The van der Waals surface area contributed by atoms with Gasteiger partial charge in [0.25, 0.3) is 11.8 Å². The van der Waals surface area contributed by atoms with Crippen LogP contribution in [0.1, 0.15) is 15.2 Å². The second kappa shape index (κ2) is 9.91. The van der Waals surface area contributed by atoms with Crippen molar-refractivity contribution in [2.75, 3.05) is 6.61 Å². The predicted octanol–water partition coefficient (Wildman–Crippen LogP) is 3.93. The molecule has 1 heterocycles. The molecule has 8 heteroatoms. The summed E-state index contributed by atoms with van der Waals surface area (Å²) in [5.41, 5.74) is 5.73. The first-order valence-corrected chi connectivity index (χ1v) is 9.95. The van der Waals surface area contributed by atoms with E-state index in [1.165, 1.54) is 11.3 Å². The summed E-state index contributed by atoms with van der Waals surface area (Å²) in [6.07, 6.45) is 0. The summed E-state index contributed by atoms with van der Waals surface area (Å²) in [6.45, 7) is 0.253. The fourth-order valence-corrected chi connectivity index (χ4v) is 3.46. The Hall–Kier alpha value is -2.84. The maximum Gasteiger partial charge on any atom is 0.279 e. The van der Waals surface area contributed by atoms with Crippen LogP contribution in [0.2, 0.25) is 0 Å². The predicted molar refractivity (Wildman–Crippen MR) is 110 cm³/mol. The fourth-order valence-electron chi connectivity index (χ4n) is 2.18. The molecule has 6 nitrogen and oxygen atoms in total. The molecule has 0 spiro atoms. The number of hydrogen-bond acceptors (Lipinski definition) is 5. The molecule has 0 unspecified atom stereocenters. The number of amides is 2. The van der Waals surface area contributed by atoms with E-state index in [0.717, 1.165) is 9.35 Å². The Balaban J connectivity index is 1.39. The Morgan fingerprint density at radius 3 is 2.18 bits per heavy atom. The van der Waals surface area contributed by atoms with Crippen molar-refractivity contribution in [3.8, 4) is 11.5 Å². The molecule has 0 radical (unpaired) electrons. The Kier molecular flexibility index (Phi) is 7.05. The SMILES string of the molecule is O=C(COc1ccc(OCc2ccccc2)cc1)NNC(=O)c1ccc(Br)s1. The highest BCUT2D eigenvalue weighted by atomic mass is 79.9. The summed E-state index contributed by atoms with van der Waals surface area (Å²) >= 11 is 4.55. The number of thiophene rings is 1. The van der Waals surface area contributed by atoms with Gasteiger partial charge in [-0.1, -0.05) is 30.3 Å². The standard InChI is InChI=1S/C20H17BrN2O4S/c21-18-11-10-17(28-18)20(25)23-22-19(24)13-27-16-8-6-15(7-9-16)26-12-14-4-2-1-3-5-14/h1-11H,12-13H2,(H,22,24)(H,23,25). The van der Waals surface area contributed by atoms with Crippen LogP contribution in [0.15, 0.2) is 70.5 Å². The highest BCUT2D eigenvalue weighted by Crippen LogP contribution is 2.21. The van der Waals surface area contributed by atoms with Gasteiger partial charge in [-0.3, -0.25) is 20.4 Å². The smallest absolute Gasteiger partial charge is 0.279 e. The molecule has 2 aromatic carbocycles. The largest absolute Gasteiger partial charge is 0.489 e. The van der Waals surface area contributed by atoms with E-state index < -0.39 is 5.91 Å². The van der Waals surface area contributed by atoms with E-state index in [1.54, 1.807) is 36.4 Å². The Morgan fingerprint density at radius 2 is 1.54 bits per heavy atom. The number of carbonyl (C=O) groups is 2. The van der Waals surface area contributed by atoms with Gasteiger partial charge in [0, 0.05) is 0 Å². The van der Waals surface area contributed by atoms with E-state index in [1.807, 2.05) is 30.3 Å². The summed E-state index contributed by atoms with van der Waals surface area (Å²) in [5, 5.41) is 0. The van der Waals surface area contributed by atoms with Crippen LogP contribution in [0.3, 0.4) is 0 Å². The van der Waals surface area contributed by atoms with Crippen molar-refractivity contribution in [2.45, 2.75) is 6.61 Å². The molecule has 0 atom stereocenters. The molecule has 0 saturated carbocycles. The van der Waals surface area contributed by atoms with Gasteiger partial charge in [0.15, 0.2) is 6.61 Å². The number of rotatable bonds is 7. The molecule has 1 aromatic heterocycles. The van der Waals surface area contributed by atoms with Crippen LogP contribution < -0.4 is 20.3 Å². The molecule has 0 aliphatic rings. The molecule has 144 valence electrons. The third kappa shape index (κ3) is 6.11. The molecule has 2 N–H and O–H groups in total. The maximum absolute atomic E-state index is 11.8. The zero-order chi connectivity index (χ0) is 19.8. The molecule has 0 aliphatic carbocycles. The lowest BCUT2D eigenvalue weighted by molar-refractivity contribution is -0.123. The van der Waals surface area contributed by atoms with E-state index in [-0.39, 0.29) is 12.5 Å². The molecule has 0 saturated heterocycles. The van der Waals surface area contributed by atoms with Crippen LogP contribution in [-0.2, 0) is 11.4 Å². The molecule has 0 aliphatic heterocycles. The third-order valence-corrected chi connectivity index (χ3v) is 5.18. The summed E-state index contributed by atoms with van der Waals surface area (Å²) in [6, 6.07) is 20.3. The van der Waals surface area contributed by atoms with Crippen molar-refractivity contribution in [1.82, 2.24) is 10.9 Å². The van der Waals surface area contributed by atoms with Gasteiger partial charge in [-0.2, -0.15) is 0 Å². The number of benzene rings is 2. The average Bonchev–Trinajstić information content (AvgIpc) is 3.17. The van der Waals surface area contributed by atoms with Crippen molar-refractivity contribution in [3.63, 3.8) is 0 Å². The van der Waals surface area contributed by atoms with E-state index >= 15 is 0 Å². The third-order valence-electron chi connectivity index (χ3n) is 3.55. The second-order valence-electron chi connectivity index (χ2n) is 5.64. The number of nitrogens with one attached hydrogen (secondary N) is 2. The van der Waals surface area contributed by atoms with Gasteiger partial charge in [0.2, 0.25) is 0 Å². The Labute approximate surface area is 174 Å². The van der Waals surface area contributed by atoms with Gasteiger partial charge < -0.3 is 9.47 Å². The number of halogens is 1. The molecule has 28 heavy (non-hydrogen) atoms. The summed E-state index contributed by atoms with van der Waals surface area (Å²) in [4.78, 5) is 24.1. The van der Waals surface area contributed by atoms with Crippen LogP contribution in [0.5, 0.6) is 11.5 Å². The number of hydrogen-bond donors (Lipinski definition) is 2. The minimum Gasteiger partial charge on any atom is -0.489 e. The number of hydrazine groups is 1. The summed E-state index contributed by atoms with van der Waals surface area (Å²) in [7, 11) is 0. The molecular weight excluding hydrogens is 444 g/mol. The van der Waals surface area contributed by atoms with Gasteiger partial charge in [0.05, 0.1) is 8.66 Å². The lowest BCUT2D eigenvalue weighted by Gasteiger charge is -2.09. The van der Waals surface area contributed by atoms with E-state index in [0.29, 0.717) is 23.0 Å². The zero-order valence-corrected chi connectivity index (χ0v) is 17.1. The van der Waals surface area contributed by atoms with Crippen molar-refractivity contribution in [2.24, 2.45) is 0 Å². The molecule has 0 bridgehead atoms. The van der Waals surface area contributed by atoms with Crippen molar-refractivity contribution >= 4 is 39.1 Å². The van der Waals surface area contributed by atoms with Crippen LogP contribution in [0, 0.1) is 0 Å². The Morgan fingerprint density at radius 1 is 0.857 bits per heavy atom. The zero-order valence-electron chi connectivity index (χ0n) is 14.7. The lowest BCUT2D eigenvalue weighted by Crippen LogP contribution is -2.43. The molecule has 2 amide bonds. The molecule has 3 rings (SSSR count). The summed E-state index contributed by atoms with van der Waals surface area (Å²) in [5.74, 6) is 0.378. The van der Waals surface area contributed by atoms with Gasteiger partial charge in [-0.05, 0) is 57.9 Å².